The molecular formula is C10H12N4O2S. The second-order valence-corrected chi connectivity index (χ2v) is 4.21. The first-order valence-corrected chi connectivity index (χ1v) is 5.94. The van der Waals surface area contributed by atoms with Crippen molar-refractivity contribution in [2.75, 3.05) is 12.3 Å². The van der Waals surface area contributed by atoms with Crippen LogP contribution in [0, 0.1) is 6.92 Å². The largest absolute Gasteiger partial charge is 0.461 e. The van der Waals surface area contributed by atoms with Crippen molar-refractivity contribution in [2.45, 2.75) is 13.8 Å². The molecule has 0 atom stereocenters. The van der Waals surface area contributed by atoms with Gasteiger partial charge in [0.1, 0.15) is 0 Å². The summed E-state index contributed by atoms with van der Waals surface area (Å²) >= 11 is 1.43. The van der Waals surface area contributed by atoms with Gasteiger partial charge in [-0.25, -0.2) is 14.5 Å². The van der Waals surface area contributed by atoms with Crippen LogP contribution < -0.4 is 5.73 Å². The van der Waals surface area contributed by atoms with Gasteiger partial charge in [-0.05, 0) is 13.8 Å². The maximum absolute atomic E-state index is 11.5. The summed E-state index contributed by atoms with van der Waals surface area (Å²) in [5.74, 6) is -0.517. The molecule has 2 aromatic heterocycles. The average Bonchev–Trinajstić information content (AvgIpc) is 2.85. The Labute approximate surface area is 102 Å². The van der Waals surface area contributed by atoms with E-state index in [1.54, 1.807) is 13.1 Å². The number of rotatable bonds is 3. The van der Waals surface area contributed by atoms with Gasteiger partial charge in [-0.1, -0.05) is 0 Å². The summed E-state index contributed by atoms with van der Waals surface area (Å²) in [4.78, 5) is 15.8. The zero-order valence-electron chi connectivity index (χ0n) is 9.51. The van der Waals surface area contributed by atoms with Crippen molar-refractivity contribution in [3.63, 3.8) is 0 Å². The molecule has 0 spiro atoms. The zero-order valence-corrected chi connectivity index (χ0v) is 10.3. The third kappa shape index (κ3) is 2.28. The van der Waals surface area contributed by atoms with Crippen LogP contribution in [0.5, 0.6) is 0 Å². The van der Waals surface area contributed by atoms with Crippen molar-refractivity contribution in [2.24, 2.45) is 0 Å². The van der Waals surface area contributed by atoms with Crippen molar-refractivity contribution in [1.29, 1.82) is 0 Å². The Bertz CT molecular complexity index is 546. The fourth-order valence-electron chi connectivity index (χ4n) is 1.29. The highest BCUT2D eigenvalue weighted by atomic mass is 32.1. The molecule has 0 radical (unpaired) electrons. The fourth-order valence-corrected chi connectivity index (χ4v) is 2.02. The summed E-state index contributed by atoms with van der Waals surface area (Å²) < 4.78 is 6.34. The fraction of sp³-hybridized carbons (Fsp3) is 0.300. The molecule has 2 heterocycles. The van der Waals surface area contributed by atoms with Crippen molar-refractivity contribution in [3.8, 4) is 5.13 Å². The first-order chi connectivity index (χ1) is 8.11. The lowest BCUT2D eigenvalue weighted by molar-refractivity contribution is 0.0520. The Kier molecular flexibility index (Phi) is 3.10. The van der Waals surface area contributed by atoms with Gasteiger partial charge in [0.25, 0.3) is 0 Å². The van der Waals surface area contributed by atoms with Gasteiger partial charge < -0.3 is 10.5 Å². The molecule has 2 aromatic rings. The number of carbonyl (C=O) groups excluding carboxylic acids is 1. The number of esters is 1. The molecule has 0 unspecified atom stereocenters. The lowest BCUT2D eigenvalue weighted by Crippen LogP contribution is -2.08. The molecule has 0 bridgehead atoms. The van der Waals surface area contributed by atoms with E-state index in [0.717, 1.165) is 5.69 Å². The number of nitrogen functional groups attached to an aromatic ring is 1. The molecule has 0 amide bonds. The van der Waals surface area contributed by atoms with Crippen molar-refractivity contribution < 1.29 is 9.53 Å². The number of nitrogens with two attached hydrogens (primary N) is 1. The Morgan fingerprint density at radius 3 is 3.00 bits per heavy atom. The van der Waals surface area contributed by atoms with E-state index < -0.39 is 5.97 Å². The van der Waals surface area contributed by atoms with Crippen molar-refractivity contribution in [3.05, 3.63) is 23.0 Å². The highest BCUT2D eigenvalue weighted by Gasteiger charge is 2.17. The second kappa shape index (κ2) is 4.54. The minimum absolute atomic E-state index is 0.125. The molecule has 0 saturated heterocycles. The van der Waals surface area contributed by atoms with Crippen LogP contribution in [0.1, 0.15) is 23.1 Å². The molecule has 0 aliphatic carbocycles. The van der Waals surface area contributed by atoms with Gasteiger partial charge in [0.05, 0.1) is 24.2 Å². The molecule has 90 valence electrons. The summed E-state index contributed by atoms with van der Waals surface area (Å²) in [6, 6.07) is 0. The monoisotopic (exact) mass is 252 g/mol. The minimum atomic E-state index is -0.517. The van der Waals surface area contributed by atoms with Crippen LogP contribution in [0.2, 0.25) is 0 Å². The zero-order chi connectivity index (χ0) is 12.4. The van der Waals surface area contributed by atoms with E-state index in [4.69, 9.17) is 10.5 Å². The van der Waals surface area contributed by atoms with Crippen LogP contribution in [0.4, 0.5) is 5.69 Å². The van der Waals surface area contributed by atoms with E-state index in [0.29, 0.717) is 11.7 Å². The Morgan fingerprint density at radius 2 is 2.41 bits per heavy atom. The van der Waals surface area contributed by atoms with Gasteiger partial charge in [-0.2, -0.15) is 5.10 Å². The standard InChI is InChI=1S/C10H12N4O2S/c1-3-16-9(15)8-7(11)4-14(13-8)10-12-6(2)5-17-10/h4-5H,3,11H2,1-2H3. The number of anilines is 1. The minimum Gasteiger partial charge on any atom is -0.461 e. The van der Waals surface area contributed by atoms with Gasteiger partial charge >= 0.3 is 5.97 Å². The van der Waals surface area contributed by atoms with E-state index in [1.807, 2.05) is 12.3 Å². The first-order valence-electron chi connectivity index (χ1n) is 5.06. The SMILES string of the molecule is CCOC(=O)c1nn(-c2nc(C)cs2)cc1N. The number of hydrogen-bond donors (Lipinski definition) is 1. The van der Waals surface area contributed by atoms with Gasteiger partial charge in [-0.15, -0.1) is 11.3 Å². The van der Waals surface area contributed by atoms with Crippen LogP contribution in [0.3, 0.4) is 0 Å². The number of thiazole rings is 1. The Morgan fingerprint density at radius 1 is 1.65 bits per heavy atom. The molecule has 17 heavy (non-hydrogen) atoms. The van der Waals surface area contributed by atoms with Gasteiger partial charge in [0.15, 0.2) is 5.69 Å². The summed E-state index contributed by atoms with van der Waals surface area (Å²) in [5.41, 5.74) is 7.02. The van der Waals surface area contributed by atoms with E-state index >= 15 is 0 Å². The summed E-state index contributed by atoms with van der Waals surface area (Å²) in [6.45, 7) is 3.91. The van der Waals surface area contributed by atoms with Crippen LogP contribution in [0.15, 0.2) is 11.6 Å². The van der Waals surface area contributed by atoms with Crippen LogP contribution in [-0.2, 0) is 4.74 Å². The summed E-state index contributed by atoms with van der Waals surface area (Å²) in [6.07, 6.45) is 1.56. The lowest BCUT2D eigenvalue weighted by Gasteiger charge is -1.97. The molecule has 0 fully saturated rings. The normalized spacial score (nSPS) is 10.5. The average molecular weight is 252 g/mol. The molecule has 2 rings (SSSR count). The van der Waals surface area contributed by atoms with Crippen LogP contribution >= 0.6 is 11.3 Å². The quantitative estimate of drug-likeness (QED) is 0.835. The number of hydrogen-bond acceptors (Lipinski definition) is 6. The molecule has 6 nitrogen and oxygen atoms in total. The smallest absolute Gasteiger partial charge is 0.361 e. The topological polar surface area (TPSA) is 83.0 Å². The van der Waals surface area contributed by atoms with E-state index in [1.165, 1.54) is 16.0 Å². The molecule has 0 aliphatic heterocycles. The maximum Gasteiger partial charge on any atom is 0.361 e. The third-order valence-electron chi connectivity index (χ3n) is 2.01. The Hall–Kier alpha value is -1.89. The number of aryl methyl sites for hydroxylation is 1. The second-order valence-electron chi connectivity index (χ2n) is 3.37. The molecular weight excluding hydrogens is 240 g/mol. The van der Waals surface area contributed by atoms with Crippen LogP contribution in [-0.4, -0.2) is 27.3 Å². The van der Waals surface area contributed by atoms with E-state index in [9.17, 15) is 4.79 Å². The van der Waals surface area contributed by atoms with E-state index in [2.05, 4.69) is 10.1 Å². The molecule has 0 saturated carbocycles. The predicted molar refractivity (Wildman–Crippen MR) is 64.3 cm³/mol. The van der Waals surface area contributed by atoms with Gasteiger partial charge in [-0.3, -0.25) is 0 Å². The summed E-state index contributed by atoms with van der Waals surface area (Å²) in [7, 11) is 0. The molecule has 0 aliphatic rings. The summed E-state index contributed by atoms with van der Waals surface area (Å²) in [5, 5.41) is 6.65. The van der Waals surface area contributed by atoms with Gasteiger partial charge in [0, 0.05) is 5.38 Å². The predicted octanol–water partition coefficient (Wildman–Crippen LogP) is 1.40. The lowest BCUT2D eigenvalue weighted by atomic mass is 10.4. The number of carbonyl (C=O) groups is 1. The maximum atomic E-state index is 11.5. The Balaban J connectivity index is 2.33. The molecule has 7 heteroatoms. The van der Waals surface area contributed by atoms with Gasteiger partial charge in [0.2, 0.25) is 5.13 Å². The van der Waals surface area contributed by atoms with E-state index in [-0.39, 0.29) is 11.4 Å². The highest BCUT2D eigenvalue weighted by molar-refractivity contribution is 7.12. The highest BCUT2D eigenvalue weighted by Crippen LogP contribution is 2.18. The van der Waals surface area contributed by atoms with Crippen molar-refractivity contribution in [1.82, 2.24) is 14.8 Å². The molecule has 2 N–H and O–H groups in total. The number of aromatic nitrogens is 3. The number of nitrogens with zero attached hydrogens (tertiary/aromatic N) is 3. The number of ether oxygens (including phenoxy) is 1. The molecule has 0 aromatic carbocycles. The first kappa shape index (κ1) is 11.6. The van der Waals surface area contributed by atoms with Crippen LogP contribution in [0.25, 0.3) is 5.13 Å². The van der Waals surface area contributed by atoms with Crippen molar-refractivity contribution >= 4 is 23.0 Å². The third-order valence-corrected chi connectivity index (χ3v) is 2.96.